The van der Waals surface area contributed by atoms with Gasteiger partial charge in [0.05, 0.1) is 23.9 Å². The molecular weight excluding hydrogens is 364 g/mol. The molecule has 150 valence electrons. The van der Waals surface area contributed by atoms with Gasteiger partial charge in [0.15, 0.2) is 0 Å². The maximum Gasteiger partial charge on any atom is 0.319 e. The summed E-state index contributed by atoms with van der Waals surface area (Å²) in [5, 5.41) is 16.4. The Morgan fingerprint density at radius 1 is 1.14 bits per heavy atom. The van der Waals surface area contributed by atoms with Crippen molar-refractivity contribution >= 4 is 22.6 Å². The van der Waals surface area contributed by atoms with Crippen molar-refractivity contribution in [1.82, 2.24) is 9.88 Å². The van der Waals surface area contributed by atoms with Crippen LogP contribution in [0.2, 0.25) is 0 Å². The number of benzene rings is 2. The molecule has 0 unspecified atom stereocenters. The topological polar surface area (TPSA) is 79.1 Å². The van der Waals surface area contributed by atoms with Crippen LogP contribution in [0.3, 0.4) is 0 Å². The number of carbonyl (C=O) groups excluding carboxylic acids is 1. The van der Waals surface area contributed by atoms with Gasteiger partial charge in [-0.25, -0.2) is 4.79 Å². The number of aromatic nitrogens is 1. The third-order valence-corrected chi connectivity index (χ3v) is 4.78. The molecule has 3 aromatic rings. The van der Waals surface area contributed by atoms with Crippen LogP contribution >= 0.6 is 0 Å². The zero-order chi connectivity index (χ0) is 20.8. The number of anilines is 1. The fourth-order valence-electron chi connectivity index (χ4n) is 3.46. The van der Waals surface area contributed by atoms with Crippen molar-refractivity contribution < 1.29 is 9.53 Å². The number of urea groups is 1. The number of nitrogens with zero attached hydrogens (tertiary/aromatic N) is 2. The molecule has 0 saturated carbocycles. The van der Waals surface area contributed by atoms with Crippen molar-refractivity contribution in [2.75, 3.05) is 19.0 Å². The lowest BCUT2D eigenvalue weighted by Crippen LogP contribution is -2.29. The van der Waals surface area contributed by atoms with Crippen molar-refractivity contribution in [3.63, 3.8) is 0 Å². The van der Waals surface area contributed by atoms with E-state index in [1.165, 1.54) is 0 Å². The summed E-state index contributed by atoms with van der Waals surface area (Å²) < 4.78 is 7.54. The van der Waals surface area contributed by atoms with Crippen LogP contribution in [-0.2, 0) is 6.54 Å². The Bertz CT molecular complexity index is 1050. The molecule has 0 saturated heterocycles. The van der Waals surface area contributed by atoms with E-state index in [1.807, 2.05) is 49.4 Å². The largest absolute Gasteiger partial charge is 0.497 e. The van der Waals surface area contributed by atoms with Crippen molar-refractivity contribution in [2.24, 2.45) is 0 Å². The number of hydrogen-bond acceptors (Lipinski definition) is 3. The van der Waals surface area contributed by atoms with Gasteiger partial charge in [0.25, 0.3) is 0 Å². The first-order chi connectivity index (χ1) is 14.1. The quantitative estimate of drug-likeness (QED) is 0.587. The number of nitriles is 1. The van der Waals surface area contributed by atoms with Gasteiger partial charge in [0.2, 0.25) is 0 Å². The summed E-state index contributed by atoms with van der Waals surface area (Å²) in [4.78, 5) is 11.9. The van der Waals surface area contributed by atoms with E-state index in [0.717, 1.165) is 47.3 Å². The Labute approximate surface area is 171 Å². The summed E-state index contributed by atoms with van der Waals surface area (Å²) in [5.41, 5.74) is 4.18. The smallest absolute Gasteiger partial charge is 0.319 e. The van der Waals surface area contributed by atoms with E-state index in [4.69, 9.17) is 4.74 Å². The number of methoxy groups -OCH3 is 1. The van der Waals surface area contributed by atoms with E-state index < -0.39 is 0 Å². The van der Waals surface area contributed by atoms with Crippen LogP contribution in [0.1, 0.15) is 32.3 Å². The van der Waals surface area contributed by atoms with E-state index in [-0.39, 0.29) is 6.03 Å². The number of aryl methyl sites for hydroxylation is 1. The number of fused-ring (bicyclic) bond motifs is 1. The molecule has 6 heteroatoms. The Balaban J connectivity index is 2.03. The van der Waals surface area contributed by atoms with Crippen LogP contribution in [0.25, 0.3) is 22.2 Å². The lowest BCUT2D eigenvalue weighted by atomic mass is 10.1. The molecule has 0 atom stereocenters. The second kappa shape index (κ2) is 9.16. The van der Waals surface area contributed by atoms with E-state index in [1.54, 1.807) is 7.11 Å². The molecule has 2 N–H and O–H groups in total. The van der Waals surface area contributed by atoms with E-state index >= 15 is 0 Å². The summed E-state index contributed by atoms with van der Waals surface area (Å²) in [6, 6.07) is 15.6. The summed E-state index contributed by atoms with van der Waals surface area (Å²) >= 11 is 0. The highest BCUT2D eigenvalue weighted by atomic mass is 16.5. The van der Waals surface area contributed by atoms with Gasteiger partial charge in [-0.3, -0.25) is 0 Å². The predicted molar refractivity (Wildman–Crippen MR) is 116 cm³/mol. The maximum absolute atomic E-state index is 11.9. The van der Waals surface area contributed by atoms with Crippen molar-refractivity contribution in [3.8, 4) is 23.1 Å². The van der Waals surface area contributed by atoms with E-state index in [9.17, 15) is 10.1 Å². The van der Waals surface area contributed by atoms with Crippen LogP contribution in [0.5, 0.6) is 5.75 Å². The van der Waals surface area contributed by atoms with Crippen molar-refractivity contribution in [2.45, 2.75) is 33.2 Å². The Morgan fingerprint density at radius 2 is 1.90 bits per heavy atom. The number of ether oxygens (including phenoxy) is 1. The Morgan fingerprint density at radius 3 is 2.52 bits per heavy atom. The minimum atomic E-state index is -0.218. The zero-order valence-electron chi connectivity index (χ0n) is 17.1. The normalized spacial score (nSPS) is 10.6. The van der Waals surface area contributed by atoms with Gasteiger partial charge in [0, 0.05) is 24.2 Å². The minimum Gasteiger partial charge on any atom is -0.497 e. The standard InChI is InChI=1S/C23H26N4O2/c1-4-12-25-23(28)26-17-8-6-16(7-9-17)22-20(15-24)19-14-18(29-3)10-11-21(19)27(22)13-5-2/h6-11,14H,4-5,12-13H2,1-3H3,(H2,25,26,28). The zero-order valence-corrected chi connectivity index (χ0v) is 17.1. The molecule has 6 nitrogen and oxygen atoms in total. The molecule has 0 aliphatic rings. The molecule has 0 fully saturated rings. The van der Waals surface area contributed by atoms with Crippen molar-refractivity contribution in [1.29, 1.82) is 5.26 Å². The summed E-state index contributed by atoms with van der Waals surface area (Å²) in [5.74, 6) is 0.729. The lowest BCUT2D eigenvalue weighted by Gasteiger charge is -2.11. The molecule has 1 heterocycles. The molecule has 3 rings (SSSR count). The highest BCUT2D eigenvalue weighted by Gasteiger charge is 2.19. The van der Waals surface area contributed by atoms with Gasteiger partial charge in [-0.05, 0) is 48.7 Å². The molecule has 2 amide bonds. The number of hydrogen-bond donors (Lipinski definition) is 2. The van der Waals surface area contributed by atoms with Crippen LogP contribution in [-0.4, -0.2) is 24.3 Å². The summed E-state index contributed by atoms with van der Waals surface area (Å²) in [7, 11) is 1.62. The number of amides is 2. The first-order valence-corrected chi connectivity index (χ1v) is 9.88. The molecule has 0 aliphatic heterocycles. The summed E-state index contributed by atoms with van der Waals surface area (Å²) in [6.45, 7) is 5.56. The number of nitrogens with one attached hydrogen (secondary N) is 2. The van der Waals surface area contributed by atoms with Gasteiger partial charge in [0.1, 0.15) is 11.8 Å². The fourth-order valence-corrected chi connectivity index (χ4v) is 3.46. The molecular formula is C23H26N4O2. The summed E-state index contributed by atoms with van der Waals surface area (Å²) in [6.07, 6.45) is 1.83. The number of rotatable bonds is 7. The molecule has 0 aliphatic carbocycles. The fraction of sp³-hybridized carbons (Fsp3) is 0.304. The van der Waals surface area contributed by atoms with Crippen LogP contribution in [0.4, 0.5) is 10.5 Å². The van der Waals surface area contributed by atoms with Gasteiger partial charge >= 0.3 is 6.03 Å². The molecule has 2 aromatic carbocycles. The maximum atomic E-state index is 11.9. The second-order valence-corrected chi connectivity index (χ2v) is 6.83. The van der Waals surface area contributed by atoms with Gasteiger partial charge in [-0.2, -0.15) is 5.26 Å². The van der Waals surface area contributed by atoms with Gasteiger partial charge < -0.3 is 19.9 Å². The average molecular weight is 390 g/mol. The third kappa shape index (κ3) is 4.19. The minimum absolute atomic E-state index is 0.218. The number of carbonyl (C=O) groups is 1. The van der Waals surface area contributed by atoms with E-state index in [0.29, 0.717) is 17.8 Å². The Hall–Kier alpha value is -3.46. The van der Waals surface area contributed by atoms with Crippen molar-refractivity contribution in [3.05, 3.63) is 48.0 Å². The Kier molecular flexibility index (Phi) is 6.40. The SMILES string of the molecule is CCCNC(=O)Nc1ccc(-c2c(C#N)c3cc(OC)ccc3n2CCC)cc1. The molecule has 1 aromatic heterocycles. The van der Waals surface area contributed by atoms with Crippen LogP contribution < -0.4 is 15.4 Å². The second-order valence-electron chi connectivity index (χ2n) is 6.83. The lowest BCUT2D eigenvalue weighted by molar-refractivity contribution is 0.252. The van der Waals surface area contributed by atoms with Crippen LogP contribution in [0, 0.1) is 11.3 Å². The van der Waals surface area contributed by atoms with Gasteiger partial charge in [-0.1, -0.05) is 26.0 Å². The first-order valence-electron chi connectivity index (χ1n) is 9.88. The molecule has 0 spiro atoms. The van der Waals surface area contributed by atoms with E-state index in [2.05, 4.69) is 28.2 Å². The van der Waals surface area contributed by atoms with Crippen LogP contribution in [0.15, 0.2) is 42.5 Å². The molecule has 29 heavy (non-hydrogen) atoms. The highest BCUT2D eigenvalue weighted by Crippen LogP contribution is 2.36. The first kappa shape index (κ1) is 20.3. The average Bonchev–Trinajstić information content (AvgIpc) is 3.05. The molecule has 0 bridgehead atoms. The third-order valence-electron chi connectivity index (χ3n) is 4.78. The van der Waals surface area contributed by atoms with Gasteiger partial charge in [-0.15, -0.1) is 0 Å². The predicted octanol–water partition coefficient (Wildman–Crippen LogP) is 5.13. The molecule has 0 radical (unpaired) electrons. The monoisotopic (exact) mass is 390 g/mol. The highest BCUT2D eigenvalue weighted by molar-refractivity contribution is 5.96.